The van der Waals surface area contributed by atoms with Crippen molar-refractivity contribution >= 4 is 12.1 Å². The number of hydrogen-bond acceptors (Lipinski definition) is 3. The van der Waals surface area contributed by atoms with Gasteiger partial charge in [0.25, 0.3) is 0 Å². The van der Waals surface area contributed by atoms with Gasteiger partial charge >= 0.3 is 0 Å². The van der Waals surface area contributed by atoms with E-state index >= 15 is 0 Å². The Bertz CT molecular complexity index is 383. The normalized spacial score (nSPS) is 17.2. The number of rotatable bonds is 3. The van der Waals surface area contributed by atoms with Gasteiger partial charge in [-0.15, -0.1) is 0 Å². The number of aromatic nitrogens is 1. The van der Waals surface area contributed by atoms with Gasteiger partial charge in [-0.1, -0.05) is 25.3 Å². The van der Waals surface area contributed by atoms with Gasteiger partial charge in [-0.2, -0.15) is 5.10 Å². The maximum Gasteiger partial charge on any atom is 0.243 e. The summed E-state index contributed by atoms with van der Waals surface area (Å²) in [4.78, 5) is 15.8. The molecule has 1 aliphatic rings. The molecule has 2 rings (SSSR count). The first-order valence-electron chi connectivity index (χ1n) is 6.10. The lowest BCUT2D eigenvalue weighted by atomic mass is 9.89. The van der Waals surface area contributed by atoms with E-state index in [1.54, 1.807) is 12.4 Å². The first kappa shape index (κ1) is 11.8. The third kappa shape index (κ3) is 3.66. The summed E-state index contributed by atoms with van der Waals surface area (Å²) >= 11 is 0. The van der Waals surface area contributed by atoms with Crippen LogP contribution in [0, 0.1) is 5.92 Å². The van der Waals surface area contributed by atoms with Crippen LogP contribution in [0.25, 0.3) is 0 Å². The molecule has 0 aromatic carbocycles. The Morgan fingerprint density at radius 2 is 2.18 bits per heavy atom. The molecule has 1 heterocycles. The van der Waals surface area contributed by atoms with E-state index < -0.39 is 0 Å². The van der Waals surface area contributed by atoms with E-state index in [0.717, 1.165) is 31.4 Å². The van der Waals surface area contributed by atoms with Crippen molar-refractivity contribution in [2.45, 2.75) is 32.1 Å². The van der Waals surface area contributed by atoms with E-state index in [0.29, 0.717) is 0 Å². The Morgan fingerprint density at radius 1 is 1.35 bits per heavy atom. The Kier molecular flexibility index (Phi) is 4.24. The van der Waals surface area contributed by atoms with Crippen molar-refractivity contribution in [2.75, 3.05) is 0 Å². The topological polar surface area (TPSA) is 54.4 Å². The first-order chi connectivity index (χ1) is 8.36. The van der Waals surface area contributed by atoms with Gasteiger partial charge in [0.2, 0.25) is 5.91 Å². The average molecular weight is 231 g/mol. The average Bonchev–Trinajstić information content (AvgIpc) is 2.41. The van der Waals surface area contributed by atoms with Crippen LogP contribution >= 0.6 is 0 Å². The summed E-state index contributed by atoms with van der Waals surface area (Å²) in [5.41, 5.74) is 3.34. The second-order valence-electron chi connectivity index (χ2n) is 4.32. The highest BCUT2D eigenvalue weighted by molar-refractivity contribution is 5.82. The fraction of sp³-hybridized carbons (Fsp3) is 0.462. The van der Waals surface area contributed by atoms with Gasteiger partial charge in [0.05, 0.1) is 11.9 Å². The maximum atomic E-state index is 11.7. The molecule has 17 heavy (non-hydrogen) atoms. The zero-order valence-corrected chi connectivity index (χ0v) is 9.80. The van der Waals surface area contributed by atoms with Gasteiger partial charge in [0.15, 0.2) is 0 Å². The van der Waals surface area contributed by atoms with Crippen molar-refractivity contribution in [3.05, 3.63) is 30.1 Å². The highest BCUT2D eigenvalue weighted by Crippen LogP contribution is 2.23. The van der Waals surface area contributed by atoms with Gasteiger partial charge in [-0.25, -0.2) is 5.43 Å². The first-order valence-corrected chi connectivity index (χ1v) is 6.10. The van der Waals surface area contributed by atoms with Crippen molar-refractivity contribution in [1.82, 2.24) is 10.4 Å². The van der Waals surface area contributed by atoms with Crippen molar-refractivity contribution in [2.24, 2.45) is 11.0 Å². The summed E-state index contributed by atoms with van der Waals surface area (Å²) in [6, 6.07) is 5.57. The molecule has 0 bridgehead atoms. The van der Waals surface area contributed by atoms with Crippen LogP contribution in [0.15, 0.2) is 29.5 Å². The molecule has 1 fully saturated rings. The lowest BCUT2D eigenvalue weighted by Crippen LogP contribution is -2.28. The molecule has 1 aliphatic carbocycles. The third-order valence-electron chi connectivity index (χ3n) is 3.04. The highest BCUT2D eigenvalue weighted by atomic mass is 16.2. The second-order valence-corrected chi connectivity index (χ2v) is 4.32. The quantitative estimate of drug-likeness (QED) is 0.640. The monoisotopic (exact) mass is 231 g/mol. The Labute approximate surface area is 101 Å². The smallest absolute Gasteiger partial charge is 0.243 e. The molecule has 90 valence electrons. The standard InChI is InChI=1S/C13H17N3O/c17-13(11-6-2-1-3-7-11)16-15-10-12-8-4-5-9-14-12/h4-5,8-11H,1-3,6-7H2,(H,16,17)/b15-10-. The van der Waals surface area contributed by atoms with Gasteiger partial charge in [0.1, 0.15) is 0 Å². The Balaban J connectivity index is 1.81. The SMILES string of the molecule is O=C(N/N=C\c1ccccn1)C1CCCCC1. The molecule has 0 saturated heterocycles. The number of hydrogen-bond donors (Lipinski definition) is 1. The minimum atomic E-state index is 0.0388. The number of carbonyl (C=O) groups is 1. The molecule has 4 heteroatoms. The molecule has 1 saturated carbocycles. The molecule has 0 unspecified atom stereocenters. The van der Waals surface area contributed by atoms with Gasteiger partial charge in [0, 0.05) is 12.1 Å². The van der Waals surface area contributed by atoms with Crippen molar-refractivity contribution in [3.8, 4) is 0 Å². The van der Waals surface area contributed by atoms with Crippen molar-refractivity contribution < 1.29 is 4.79 Å². The van der Waals surface area contributed by atoms with Crippen LogP contribution in [0.2, 0.25) is 0 Å². The largest absolute Gasteiger partial charge is 0.273 e. The number of carbonyl (C=O) groups excluding carboxylic acids is 1. The molecule has 0 aliphatic heterocycles. The van der Waals surface area contributed by atoms with Crippen LogP contribution in [0.3, 0.4) is 0 Å². The molecule has 1 N–H and O–H groups in total. The number of nitrogens with one attached hydrogen (secondary N) is 1. The summed E-state index contributed by atoms with van der Waals surface area (Å²) in [6.07, 6.45) is 8.81. The van der Waals surface area contributed by atoms with Gasteiger partial charge in [-0.3, -0.25) is 9.78 Å². The summed E-state index contributed by atoms with van der Waals surface area (Å²) in [6.45, 7) is 0. The van der Waals surface area contributed by atoms with Crippen LogP contribution in [-0.4, -0.2) is 17.1 Å². The van der Waals surface area contributed by atoms with E-state index in [-0.39, 0.29) is 11.8 Å². The number of amides is 1. The zero-order valence-electron chi connectivity index (χ0n) is 9.80. The molecule has 0 atom stereocenters. The summed E-state index contributed by atoms with van der Waals surface area (Å²) < 4.78 is 0. The summed E-state index contributed by atoms with van der Waals surface area (Å²) in [5.74, 6) is 0.182. The second kappa shape index (κ2) is 6.13. The molecule has 1 aromatic heterocycles. The van der Waals surface area contributed by atoms with E-state index in [1.165, 1.54) is 6.42 Å². The molecular formula is C13H17N3O. The summed E-state index contributed by atoms with van der Waals surface area (Å²) in [7, 11) is 0. The van der Waals surface area contributed by atoms with Crippen LogP contribution in [-0.2, 0) is 4.79 Å². The summed E-state index contributed by atoms with van der Waals surface area (Å²) in [5, 5.41) is 3.93. The molecular weight excluding hydrogens is 214 g/mol. The fourth-order valence-corrected chi connectivity index (χ4v) is 2.07. The molecule has 1 amide bonds. The van der Waals surface area contributed by atoms with Crippen LogP contribution in [0.1, 0.15) is 37.8 Å². The minimum absolute atomic E-state index is 0.0388. The molecule has 1 aromatic rings. The lowest BCUT2D eigenvalue weighted by molar-refractivity contribution is -0.125. The Morgan fingerprint density at radius 3 is 2.88 bits per heavy atom. The number of pyridine rings is 1. The van der Waals surface area contributed by atoms with Crippen molar-refractivity contribution in [3.63, 3.8) is 0 Å². The van der Waals surface area contributed by atoms with Crippen LogP contribution < -0.4 is 5.43 Å². The number of nitrogens with zero attached hydrogens (tertiary/aromatic N) is 2. The molecule has 0 spiro atoms. The Hall–Kier alpha value is -1.71. The predicted octanol–water partition coefficient (Wildman–Crippen LogP) is 2.11. The zero-order chi connectivity index (χ0) is 11.9. The third-order valence-corrected chi connectivity index (χ3v) is 3.04. The van der Waals surface area contributed by atoms with Crippen LogP contribution in [0.4, 0.5) is 0 Å². The van der Waals surface area contributed by atoms with E-state index in [9.17, 15) is 4.79 Å². The minimum Gasteiger partial charge on any atom is -0.273 e. The number of hydrazone groups is 1. The molecule has 4 nitrogen and oxygen atoms in total. The van der Waals surface area contributed by atoms with E-state index in [1.807, 2.05) is 18.2 Å². The fourth-order valence-electron chi connectivity index (χ4n) is 2.07. The predicted molar refractivity (Wildman–Crippen MR) is 66.5 cm³/mol. The van der Waals surface area contributed by atoms with Gasteiger partial charge < -0.3 is 0 Å². The van der Waals surface area contributed by atoms with Crippen LogP contribution in [0.5, 0.6) is 0 Å². The molecule has 0 radical (unpaired) electrons. The maximum absolute atomic E-state index is 11.7. The van der Waals surface area contributed by atoms with Crippen molar-refractivity contribution in [1.29, 1.82) is 0 Å². The highest BCUT2D eigenvalue weighted by Gasteiger charge is 2.20. The van der Waals surface area contributed by atoms with E-state index in [4.69, 9.17) is 0 Å². The van der Waals surface area contributed by atoms with Gasteiger partial charge in [-0.05, 0) is 25.0 Å². The van der Waals surface area contributed by atoms with E-state index in [2.05, 4.69) is 15.5 Å². The lowest BCUT2D eigenvalue weighted by Gasteiger charge is -2.19.